The second kappa shape index (κ2) is 8.89. The SMILES string of the molecule is CNC(=O)c1ccc(CNC(=O)CC(Cc2ccccc2)c2ccco2)o1. The Morgan fingerprint density at radius 1 is 1.04 bits per heavy atom. The fraction of sp³-hybridized carbons (Fsp3) is 0.238. The second-order valence-electron chi connectivity index (χ2n) is 6.23. The van der Waals surface area contributed by atoms with Crippen molar-refractivity contribution < 1.29 is 18.4 Å². The predicted octanol–water partition coefficient (Wildman–Crippen LogP) is 3.27. The van der Waals surface area contributed by atoms with E-state index in [1.54, 1.807) is 18.4 Å². The number of carbonyl (C=O) groups excluding carboxylic acids is 2. The van der Waals surface area contributed by atoms with Gasteiger partial charge in [-0.2, -0.15) is 0 Å². The molecule has 0 spiro atoms. The van der Waals surface area contributed by atoms with E-state index in [4.69, 9.17) is 8.83 Å². The molecule has 0 aliphatic rings. The lowest BCUT2D eigenvalue weighted by Gasteiger charge is -2.14. The number of carbonyl (C=O) groups is 2. The van der Waals surface area contributed by atoms with Gasteiger partial charge in [0.05, 0.1) is 12.8 Å². The molecule has 0 bridgehead atoms. The molecule has 0 saturated heterocycles. The minimum atomic E-state index is -0.298. The highest BCUT2D eigenvalue weighted by Crippen LogP contribution is 2.25. The zero-order chi connectivity index (χ0) is 19.1. The van der Waals surface area contributed by atoms with Gasteiger partial charge in [-0.1, -0.05) is 30.3 Å². The van der Waals surface area contributed by atoms with E-state index in [1.165, 1.54) is 7.05 Å². The smallest absolute Gasteiger partial charge is 0.286 e. The van der Waals surface area contributed by atoms with Gasteiger partial charge in [0.25, 0.3) is 5.91 Å². The van der Waals surface area contributed by atoms with Gasteiger partial charge in [-0.25, -0.2) is 0 Å². The number of benzene rings is 1. The summed E-state index contributed by atoms with van der Waals surface area (Å²) < 4.78 is 10.9. The van der Waals surface area contributed by atoms with Crippen LogP contribution in [0.3, 0.4) is 0 Å². The molecule has 3 rings (SSSR count). The van der Waals surface area contributed by atoms with Gasteiger partial charge in [0.15, 0.2) is 5.76 Å². The largest absolute Gasteiger partial charge is 0.469 e. The van der Waals surface area contributed by atoms with Crippen molar-refractivity contribution in [2.75, 3.05) is 7.05 Å². The molecule has 140 valence electrons. The number of amides is 2. The van der Waals surface area contributed by atoms with Crippen LogP contribution in [0.15, 0.2) is 69.7 Å². The Hall–Kier alpha value is -3.28. The van der Waals surface area contributed by atoms with E-state index in [1.807, 2.05) is 42.5 Å². The average molecular weight is 366 g/mol. The molecule has 27 heavy (non-hydrogen) atoms. The molecule has 2 heterocycles. The van der Waals surface area contributed by atoms with Crippen LogP contribution in [0.1, 0.15) is 40.0 Å². The number of rotatable bonds is 8. The minimum Gasteiger partial charge on any atom is -0.469 e. The van der Waals surface area contributed by atoms with Crippen molar-refractivity contribution in [2.24, 2.45) is 0 Å². The second-order valence-corrected chi connectivity index (χ2v) is 6.23. The molecule has 6 nitrogen and oxygen atoms in total. The first-order chi connectivity index (χ1) is 13.2. The van der Waals surface area contributed by atoms with Gasteiger partial charge >= 0.3 is 0 Å². The third-order valence-corrected chi connectivity index (χ3v) is 4.27. The summed E-state index contributed by atoms with van der Waals surface area (Å²) in [5.74, 6) is 1.08. The Morgan fingerprint density at radius 3 is 2.56 bits per heavy atom. The van der Waals surface area contributed by atoms with Gasteiger partial charge in [0.2, 0.25) is 5.91 Å². The van der Waals surface area contributed by atoms with Crippen molar-refractivity contribution in [1.82, 2.24) is 10.6 Å². The van der Waals surface area contributed by atoms with Gasteiger partial charge in [0, 0.05) is 19.4 Å². The Kier molecular flexibility index (Phi) is 6.10. The molecule has 3 aromatic rings. The Labute approximate surface area is 157 Å². The van der Waals surface area contributed by atoms with Crippen LogP contribution in [0.5, 0.6) is 0 Å². The third-order valence-electron chi connectivity index (χ3n) is 4.27. The average Bonchev–Trinajstić information content (AvgIpc) is 3.38. The van der Waals surface area contributed by atoms with Crippen molar-refractivity contribution in [3.05, 3.63) is 83.7 Å². The van der Waals surface area contributed by atoms with Crippen LogP contribution in [0.25, 0.3) is 0 Å². The van der Waals surface area contributed by atoms with Crippen molar-refractivity contribution >= 4 is 11.8 Å². The number of hydrogen-bond donors (Lipinski definition) is 2. The van der Waals surface area contributed by atoms with Gasteiger partial charge in [-0.05, 0) is 36.2 Å². The van der Waals surface area contributed by atoms with Crippen LogP contribution >= 0.6 is 0 Å². The molecular weight excluding hydrogens is 344 g/mol. The lowest BCUT2D eigenvalue weighted by atomic mass is 9.93. The molecular formula is C21H22N2O4. The number of nitrogens with one attached hydrogen (secondary N) is 2. The zero-order valence-electron chi connectivity index (χ0n) is 15.1. The summed E-state index contributed by atoms with van der Waals surface area (Å²) in [5.41, 5.74) is 1.15. The molecule has 2 N–H and O–H groups in total. The topological polar surface area (TPSA) is 84.5 Å². The predicted molar refractivity (Wildman–Crippen MR) is 100 cm³/mol. The number of hydrogen-bond acceptors (Lipinski definition) is 4. The summed E-state index contributed by atoms with van der Waals surface area (Å²) >= 11 is 0. The van der Waals surface area contributed by atoms with Crippen LogP contribution in [-0.2, 0) is 17.8 Å². The van der Waals surface area contributed by atoms with Crippen LogP contribution in [0.2, 0.25) is 0 Å². The maximum atomic E-state index is 12.4. The Bertz CT molecular complexity index is 869. The summed E-state index contributed by atoms with van der Waals surface area (Å²) in [4.78, 5) is 23.9. The Morgan fingerprint density at radius 2 is 1.85 bits per heavy atom. The van der Waals surface area contributed by atoms with Gasteiger partial charge < -0.3 is 19.5 Å². The monoisotopic (exact) mass is 366 g/mol. The molecule has 1 aromatic carbocycles. The first-order valence-corrected chi connectivity index (χ1v) is 8.80. The van der Waals surface area contributed by atoms with Gasteiger partial charge in [-0.3, -0.25) is 9.59 Å². The lowest BCUT2D eigenvalue weighted by molar-refractivity contribution is -0.121. The van der Waals surface area contributed by atoms with E-state index in [9.17, 15) is 9.59 Å². The molecule has 0 fully saturated rings. The fourth-order valence-corrected chi connectivity index (χ4v) is 2.90. The number of furan rings is 2. The van der Waals surface area contributed by atoms with Crippen LogP contribution in [0, 0.1) is 0 Å². The maximum Gasteiger partial charge on any atom is 0.286 e. The molecule has 6 heteroatoms. The Balaban J connectivity index is 1.59. The van der Waals surface area contributed by atoms with E-state index >= 15 is 0 Å². The molecule has 0 radical (unpaired) electrons. The van der Waals surface area contributed by atoms with Crippen molar-refractivity contribution in [3.8, 4) is 0 Å². The molecule has 0 saturated carbocycles. The van der Waals surface area contributed by atoms with E-state index in [2.05, 4.69) is 10.6 Å². The highest BCUT2D eigenvalue weighted by atomic mass is 16.4. The normalized spacial score (nSPS) is 11.7. The van der Waals surface area contributed by atoms with Crippen molar-refractivity contribution in [1.29, 1.82) is 0 Å². The summed E-state index contributed by atoms with van der Waals surface area (Å²) in [6.07, 6.45) is 2.63. The highest BCUT2D eigenvalue weighted by Gasteiger charge is 2.19. The van der Waals surface area contributed by atoms with E-state index in [-0.39, 0.29) is 30.0 Å². The lowest BCUT2D eigenvalue weighted by Crippen LogP contribution is -2.25. The third kappa shape index (κ3) is 5.10. The summed E-state index contributed by atoms with van der Waals surface area (Å²) in [5, 5.41) is 5.34. The molecule has 2 aromatic heterocycles. The maximum absolute atomic E-state index is 12.4. The molecule has 0 aliphatic heterocycles. The van der Waals surface area contributed by atoms with Crippen LogP contribution in [-0.4, -0.2) is 18.9 Å². The molecule has 1 atom stereocenters. The fourth-order valence-electron chi connectivity index (χ4n) is 2.90. The molecule has 1 unspecified atom stereocenters. The highest BCUT2D eigenvalue weighted by molar-refractivity contribution is 5.91. The van der Waals surface area contributed by atoms with Crippen LogP contribution < -0.4 is 10.6 Å². The molecule has 2 amide bonds. The van der Waals surface area contributed by atoms with E-state index < -0.39 is 0 Å². The molecule has 0 aliphatic carbocycles. The quantitative estimate of drug-likeness (QED) is 0.641. The minimum absolute atomic E-state index is 0.0552. The van der Waals surface area contributed by atoms with E-state index in [0.717, 1.165) is 11.3 Å². The van der Waals surface area contributed by atoms with Crippen molar-refractivity contribution in [3.63, 3.8) is 0 Å². The summed E-state index contributed by atoms with van der Waals surface area (Å²) in [6.45, 7) is 0.228. The summed E-state index contributed by atoms with van der Waals surface area (Å²) in [7, 11) is 1.54. The first-order valence-electron chi connectivity index (χ1n) is 8.80. The zero-order valence-corrected chi connectivity index (χ0v) is 15.1. The van der Waals surface area contributed by atoms with E-state index in [0.29, 0.717) is 18.6 Å². The van der Waals surface area contributed by atoms with Crippen molar-refractivity contribution in [2.45, 2.75) is 25.3 Å². The van der Waals surface area contributed by atoms with Gasteiger partial charge in [0.1, 0.15) is 11.5 Å². The standard InChI is InChI=1S/C21H22N2O4/c1-22-21(25)19-10-9-17(27-19)14-23-20(24)13-16(18-8-5-11-26-18)12-15-6-3-2-4-7-15/h2-11,16H,12-14H2,1H3,(H,22,25)(H,23,24). The summed E-state index contributed by atoms with van der Waals surface area (Å²) in [6, 6.07) is 17.0. The van der Waals surface area contributed by atoms with Gasteiger partial charge in [-0.15, -0.1) is 0 Å². The first kappa shape index (κ1) is 18.5. The van der Waals surface area contributed by atoms with Crippen LogP contribution in [0.4, 0.5) is 0 Å².